The molecule has 6 nitrogen and oxygen atoms in total. The van der Waals surface area contributed by atoms with Crippen LogP contribution >= 0.6 is 0 Å². The fourth-order valence-electron chi connectivity index (χ4n) is 3.91. The van der Waals surface area contributed by atoms with E-state index in [1.165, 1.54) is 44.0 Å². The van der Waals surface area contributed by atoms with Crippen LogP contribution < -0.4 is 10.6 Å². The molecular formula is C25H26F3N3O3. The largest absolute Gasteiger partial charge is 0.416 e. The second-order valence-corrected chi connectivity index (χ2v) is 8.57. The van der Waals surface area contributed by atoms with E-state index in [-0.39, 0.29) is 11.3 Å². The number of halogens is 3. The van der Waals surface area contributed by atoms with E-state index in [1.807, 2.05) is 30.3 Å². The molecule has 1 heterocycles. The van der Waals surface area contributed by atoms with Crippen molar-refractivity contribution in [2.45, 2.75) is 32.5 Å². The third-order valence-electron chi connectivity index (χ3n) is 6.29. The van der Waals surface area contributed by atoms with Gasteiger partial charge in [0.25, 0.3) is 11.8 Å². The maximum atomic E-state index is 13.4. The highest BCUT2D eigenvalue weighted by Crippen LogP contribution is 2.39. The number of carbonyl (C=O) groups excluding carboxylic acids is 3. The molecule has 0 aliphatic carbocycles. The molecule has 0 bridgehead atoms. The van der Waals surface area contributed by atoms with Gasteiger partial charge in [0.1, 0.15) is 5.57 Å². The van der Waals surface area contributed by atoms with E-state index in [0.717, 1.165) is 22.6 Å². The normalized spacial score (nSPS) is 20.6. The molecule has 0 aromatic heterocycles. The number of amides is 3. The first-order chi connectivity index (χ1) is 15.9. The zero-order valence-electron chi connectivity index (χ0n) is 19.1. The summed E-state index contributed by atoms with van der Waals surface area (Å²) in [6, 6.07) is 12.7. The van der Waals surface area contributed by atoms with Crippen LogP contribution in [0.25, 0.3) is 0 Å². The molecule has 2 atom stereocenters. The van der Waals surface area contributed by atoms with Crippen molar-refractivity contribution < 1.29 is 27.6 Å². The summed E-state index contributed by atoms with van der Waals surface area (Å²) in [5.74, 6) is -2.24. The number of carbonyl (C=O) groups is 3. The van der Waals surface area contributed by atoms with Crippen LogP contribution in [0.3, 0.4) is 0 Å². The van der Waals surface area contributed by atoms with E-state index < -0.39 is 40.9 Å². The van der Waals surface area contributed by atoms with Crippen molar-refractivity contribution in [1.82, 2.24) is 4.90 Å². The number of hydrogen-bond acceptors (Lipinski definition) is 3. The third kappa shape index (κ3) is 4.83. The highest BCUT2D eigenvalue weighted by Gasteiger charge is 2.48. The Morgan fingerprint density at radius 2 is 1.76 bits per heavy atom. The number of alkyl halides is 3. The maximum absolute atomic E-state index is 13.4. The lowest BCUT2D eigenvalue weighted by molar-refractivity contribution is -0.138. The smallest absolute Gasteiger partial charge is 0.369 e. The molecule has 2 aromatic rings. The minimum atomic E-state index is -4.63. The molecule has 0 saturated heterocycles. The molecule has 2 unspecified atom stereocenters. The highest BCUT2D eigenvalue weighted by atomic mass is 19.4. The SMILES string of the molecule is CC1N(c2cccc(C(F)(F)F)c2)C(=O)C(C(=O)N(C)CCc2ccccc2)=CC1(C)C(N)=O. The number of anilines is 1. The van der Waals surface area contributed by atoms with Gasteiger partial charge in [0, 0.05) is 19.3 Å². The van der Waals surface area contributed by atoms with Gasteiger partial charge in [-0.15, -0.1) is 0 Å². The minimum absolute atomic E-state index is 0.0786. The van der Waals surface area contributed by atoms with Crippen LogP contribution in [-0.4, -0.2) is 42.3 Å². The number of hydrogen-bond donors (Lipinski definition) is 1. The topological polar surface area (TPSA) is 83.7 Å². The molecule has 0 fully saturated rings. The second kappa shape index (κ2) is 9.32. The van der Waals surface area contributed by atoms with Gasteiger partial charge in [-0.2, -0.15) is 13.2 Å². The van der Waals surface area contributed by atoms with Crippen LogP contribution in [0.5, 0.6) is 0 Å². The van der Waals surface area contributed by atoms with Gasteiger partial charge in [0.05, 0.1) is 17.0 Å². The molecule has 180 valence electrons. The molecule has 2 N–H and O–H groups in total. The van der Waals surface area contributed by atoms with Crippen molar-refractivity contribution in [3.05, 3.63) is 77.4 Å². The number of benzene rings is 2. The first-order valence-electron chi connectivity index (χ1n) is 10.7. The number of likely N-dealkylation sites (N-methyl/N-ethyl adjacent to an activating group) is 1. The van der Waals surface area contributed by atoms with Crippen LogP contribution in [0.15, 0.2) is 66.2 Å². The number of primary amides is 1. The first kappa shape index (κ1) is 25.0. The third-order valence-corrected chi connectivity index (χ3v) is 6.29. The second-order valence-electron chi connectivity index (χ2n) is 8.57. The lowest BCUT2D eigenvalue weighted by Gasteiger charge is -2.43. The summed E-state index contributed by atoms with van der Waals surface area (Å²) in [7, 11) is 1.52. The molecule has 0 spiro atoms. The Labute approximate surface area is 195 Å². The van der Waals surface area contributed by atoms with Crippen molar-refractivity contribution in [1.29, 1.82) is 0 Å². The van der Waals surface area contributed by atoms with Gasteiger partial charge in [-0.25, -0.2) is 0 Å². The Kier molecular flexibility index (Phi) is 6.86. The molecule has 9 heteroatoms. The molecule has 0 saturated carbocycles. The molecule has 2 aromatic carbocycles. The van der Waals surface area contributed by atoms with E-state index in [1.54, 1.807) is 0 Å². The van der Waals surface area contributed by atoms with Gasteiger partial charge < -0.3 is 15.5 Å². The fraction of sp³-hybridized carbons (Fsp3) is 0.320. The summed E-state index contributed by atoms with van der Waals surface area (Å²) in [6.07, 6.45) is -2.85. The van der Waals surface area contributed by atoms with E-state index in [0.29, 0.717) is 13.0 Å². The van der Waals surface area contributed by atoms with Gasteiger partial charge in [0.15, 0.2) is 0 Å². The zero-order chi connectivity index (χ0) is 25.3. The van der Waals surface area contributed by atoms with Crippen LogP contribution in [0, 0.1) is 5.41 Å². The first-order valence-corrected chi connectivity index (χ1v) is 10.7. The van der Waals surface area contributed by atoms with Crippen molar-refractivity contribution in [2.24, 2.45) is 11.1 Å². The lowest BCUT2D eigenvalue weighted by atomic mass is 9.76. The monoisotopic (exact) mass is 473 g/mol. The number of nitrogens with two attached hydrogens (primary N) is 1. The molecular weight excluding hydrogens is 447 g/mol. The molecule has 1 aliphatic heterocycles. The molecule has 1 aliphatic rings. The summed E-state index contributed by atoms with van der Waals surface area (Å²) < 4.78 is 39.9. The maximum Gasteiger partial charge on any atom is 0.416 e. The zero-order valence-corrected chi connectivity index (χ0v) is 19.1. The Hall–Kier alpha value is -3.62. The van der Waals surface area contributed by atoms with Crippen LogP contribution in [0.4, 0.5) is 18.9 Å². The number of rotatable bonds is 6. The molecule has 3 amide bonds. The Morgan fingerprint density at radius 3 is 2.35 bits per heavy atom. The lowest BCUT2D eigenvalue weighted by Crippen LogP contribution is -2.58. The van der Waals surface area contributed by atoms with E-state index in [4.69, 9.17) is 5.73 Å². The van der Waals surface area contributed by atoms with Gasteiger partial charge in [0.2, 0.25) is 5.91 Å². The Balaban J connectivity index is 1.98. The standard InChI is InChI=1S/C25H26F3N3O3/c1-16-24(2,23(29)34)15-20(21(32)30(3)13-12-17-8-5-4-6-9-17)22(33)31(16)19-11-7-10-18(14-19)25(26,27)28/h4-11,14-16H,12-13H2,1-3H3,(H2,29,34). The quantitative estimate of drug-likeness (QED) is 0.652. The van der Waals surface area contributed by atoms with Crippen LogP contribution in [-0.2, 0) is 27.0 Å². The highest BCUT2D eigenvalue weighted by molar-refractivity contribution is 6.25. The Bertz CT molecular complexity index is 1130. The predicted molar refractivity (Wildman–Crippen MR) is 122 cm³/mol. The van der Waals surface area contributed by atoms with Crippen molar-refractivity contribution >= 4 is 23.4 Å². The van der Waals surface area contributed by atoms with Crippen molar-refractivity contribution in [3.8, 4) is 0 Å². The fourth-order valence-corrected chi connectivity index (χ4v) is 3.91. The van der Waals surface area contributed by atoms with Gasteiger partial charge in [-0.3, -0.25) is 14.4 Å². The number of nitrogens with zero attached hydrogens (tertiary/aromatic N) is 2. The average Bonchev–Trinajstić information content (AvgIpc) is 2.80. The van der Waals surface area contributed by atoms with E-state index in [9.17, 15) is 27.6 Å². The summed E-state index contributed by atoms with van der Waals surface area (Å²) in [5, 5.41) is 0. The van der Waals surface area contributed by atoms with Crippen LogP contribution in [0.1, 0.15) is 25.0 Å². The summed E-state index contributed by atoms with van der Waals surface area (Å²) in [6.45, 7) is 3.27. The predicted octanol–water partition coefficient (Wildman–Crippen LogP) is 3.56. The van der Waals surface area contributed by atoms with Gasteiger partial charge in [-0.05, 0) is 50.1 Å². The van der Waals surface area contributed by atoms with Crippen molar-refractivity contribution in [2.75, 3.05) is 18.5 Å². The van der Waals surface area contributed by atoms with E-state index >= 15 is 0 Å². The molecule has 34 heavy (non-hydrogen) atoms. The van der Waals surface area contributed by atoms with Gasteiger partial charge in [-0.1, -0.05) is 36.4 Å². The summed E-state index contributed by atoms with van der Waals surface area (Å²) in [4.78, 5) is 41.4. The van der Waals surface area contributed by atoms with Crippen LogP contribution in [0.2, 0.25) is 0 Å². The van der Waals surface area contributed by atoms with Gasteiger partial charge >= 0.3 is 6.18 Å². The minimum Gasteiger partial charge on any atom is -0.369 e. The molecule has 0 radical (unpaired) electrons. The molecule has 3 rings (SSSR count). The average molecular weight is 473 g/mol. The van der Waals surface area contributed by atoms with Crippen molar-refractivity contribution in [3.63, 3.8) is 0 Å². The summed E-state index contributed by atoms with van der Waals surface area (Å²) >= 11 is 0. The van der Waals surface area contributed by atoms with E-state index in [2.05, 4.69) is 0 Å². The Morgan fingerprint density at radius 1 is 1.12 bits per heavy atom. The summed E-state index contributed by atoms with van der Waals surface area (Å²) in [5.41, 5.74) is 3.80.